The van der Waals surface area contributed by atoms with Crippen LogP contribution in [0.15, 0.2) is 60.7 Å². The van der Waals surface area contributed by atoms with Gasteiger partial charge in [-0.1, -0.05) is 54.1 Å². The average molecular weight is 409 g/mol. The molecular formula is C26H23N3O2. The molecule has 2 heterocycles. The van der Waals surface area contributed by atoms with E-state index in [0.717, 1.165) is 38.8 Å². The van der Waals surface area contributed by atoms with Gasteiger partial charge in [-0.2, -0.15) is 5.10 Å². The second-order valence-corrected chi connectivity index (χ2v) is 8.28. The van der Waals surface area contributed by atoms with E-state index in [0.29, 0.717) is 11.4 Å². The predicted octanol–water partition coefficient (Wildman–Crippen LogP) is 5.26. The molecule has 31 heavy (non-hydrogen) atoms. The highest BCUT2D eigenvalue weighted by Crippen LogP contribution is 2.39. The number of aromatic nitrogens is 2. The predicted molar refractivity (Wildman–Crippen MR) is 122 cm³/mol. The van der Waals surface area contributed by atoms with Crippen molar-refractivity contribution in [1.29, 1.82) is 0 Å². The van der Waals surface area contributed by atoms with E-state index in [2.05, 4.69) is 11.4 Å². The average Bonchev–Trinajstić information content (AvgIpc) is 3.08. The fourth-order valence-electron chi connectivity index (χ4n) is 4.53. The van der Waals surface area contributed by atoms with Crippen molar-refractivity contribution in [2.75, 3.05) is 5.32 Å². The van der Waals surface area contributed by atoms with Crippen molar-refractivity contribution in [3.8, 4) is 5.69 Å². The summed E-state index contributed by atoms with van der Waals surface area (Å²) in [4.78, 5) is 26.2. The number of fused-ring (bicyclic) bond motifs is 2. The molecule has 1 amide bonds. The number of aryl methyl sites for hydroxylation is 3. The Morgan fingerprint density at radius 2 is 1.77 bits per heavy atom. The molecule has 0 bridgehead atoms. The highest BCUT2D eigenvalue weighted by molar-refractivity contribution is 6.09. The van der Waals surface area contributed by atoms with Crippen molar-refractivity contribution in [3.05, 3.63) is 88.6 Å². The van der Waals surface area contributed by atoms with Gasteiger partial charge in [0.15, 0.2) is 5.78 Å². The summed E-state index contributed by atoms with van der Waals surface area (Å²) in [5.74, 6) is -0.174. The minimum atomic E-state index is -0.551. The van der Waals surface area contributed by atoms with Crippen LogP contribution in [0.3, 0.4) is 0 Å². The quantitative estimate of drug-likeness (QED) is 0.470. The highest BCUT2D eigenvalue weighted by Gasteiger charge is 2.36. The molecule has 0 saturated heterocycles. The van der Waals surface area contributed by atoms with Gasteiger partial charge < -0.3 is 5.32 Å². The van der Waals surface area contributed by atoms with E-state index < -0.39 is 5.92 Å². The van der Waals surface area contributed by atoms with Crippen LogP contribution in [0, 0.1) is 20.8 Å². The lowest BCUT2D eigenvalue weighted by molar-refractivity contribution is -0.116. The molecule has 0 unspecified atom stereocenters. The first-order valence-corrected chi connectivity index (χ1v) is 10.4. The number of rotatable bonds is 3. The number of carbonyl (C=O) groups is 2. The standard InChI is InChI=1S/C26H23N3O2/c1-15-8-11-22(16(2)12-15)29-26-24(17(3)28-29)21(14-23(30)27-26)25(31)20-10-9-18-6-4-5-7-19(18)13-20/h4-13,21H,14H2,1-3H3,(H,27,30)/t21-/m0/s1. The van der Waals surface area contributed by atoms with E-state index in [9.17, 15) is 9.59 Å². The maximum atomic E-state index is 13.5. The Morgan fingerprint density at radius 3 is 2.55 bits per heavy atom. The summed E-state index contributed by atoms with van der Waals surface area (Å²) >= 11 is 0. The minimum Gasteiger partial charge on any atom is -0.310 e. The SMILES string of the molecule is Cc1ccc(-n2nc(C)c3c2NC(=O)C[C@@H]3C(=O)c2ccc3ccccc3c2)c(C)c1. The first-order chi connectivity index (χ1) is 14.9. The molecule has 0 radical (unpaired) electrons. The van der Waals surface area contributed by atoms with Crippen LogP contribution < -0.4 is 5.32 Å². The van der Waals surface area contributed by atoms with Gasteiger partial charge in [-0.05, 0) is 49.2 Å². The zero-order valence-corrected chi connectivity index (χ0v) is 17.8. The largest absolute Gasteiger partial charge is 0.310 e. The third kappa shape index (κ3) is 3.22. The smallest absolute Gasteiger partial charge is 0.226 e. The third-order valence-corrected chi connectivity index (χ3v) is 6.03. The first-order valence-electron chi connectivity index (χ1n) is 10.4. The maximum Gasteiger partial charge on any atom is 0.226 e. The van der Waals surface area contributed by atoms with Gasteiger partial charge >= 0.3 is 0 Å². The number of ketones is 1. The summed E-state index contributed by atoms with van der Waals surface area (Å²) < 4.78 is 1.76. The number of carbonyl (C=O) groups excluding carboxylic acids is 2. The first kappa shape index (κ1) is 19.2. The number of benzene rings is 3. The summed E-state index contributed by atoms with van der Waals surface area (Å²) in [5, 5.41) is 9.77. The molecule has 1 aliphatic heterocycles. The van der Waals surface area contributed by atoms with Crippen LogP contribution in [0.2, 0.25) is 0 Å². The lowest BCUT2D eigenvalue weighted by atomic mass is 9.85. The number of Topliss-reactive ketones (excluding diaryl/α,β-unsaturated/α-hetero) is 1. The molecule has 5 rings (SSSR count). The van der Waals surface area contributed by atoms with Gasteiger partial charge in [0.05, 0.1) is 17.3 Å². The molecule has 0 fully saturated rings. The molecule has 5 nitrogen and oxygen atoms in total. The zero-order chi connectivity index (χ0) is 21.7. The summed E-state index contributed by atoms with van der Waals surface area (Å²) in [5.41, 5.74) is 5.29. The van der Waals surface area contributed by atoms with E-state index >= 15 is 0 Å². The Bertz CT molecular complexity index is 1370. The van der Waals surface area contributed by atoms with Gasteiger partial charge in [0.2, 0.25) is 5.91 Å². The topological polar surface area (TPSA) is 64.0 Å². The van der Waals surface area contributed by atoms with Crippen LogP contribution in [0.5, 0.6) is 0 Å². The van der Waals surface area contributed by atoms with Gasteiger partial charge in [0, 0.05) is 17.5 Å². The van der Waals surface area contributed by atoms with Crippen molar-refractivity contribution in [2.24, 2.45) is 0 Å². The lowest BCUT2D eigenvalue weighted by Gasteiger charge is -2.23. The van der Waals surface area contributed by atoms with Crippen LogP contribution in [0.25, 0.3) is 16.5 Å². The molecule has 154 valence electrons. The van der Waals surface area contributed by atoms with E-state index in [1.807, 2.05) is 75.4 Å². The normalized spacial score (nSPS) is 15.6. The van der Waals surface area contributed by atoms with Gasteiger partial charge in [0.1, 0.15) is 5.82 Å². The van der Waals surface area contributed by atoms with Crippen molar-refractivity contribution in [2.45, 2.75) is 33.1 Å². The van der Waals surface area contributed by atoms with Gasteiger partial charge in [0.25, 0.3) is 0 Å². The van der Waals surface area contributed by atoms with Crippen molar-refractivity contribution in [3.63, 3.8) is 0 Å². The molecule has 0 saturated carbocycles. The highest BCUT2D eigenvalue weighted by atomic mass is 16.2. The second kappa shape index (κ2) is 7.20. The van der Waals surface area contributed by atoms with Gasteiger partial charge in [-0.25, -0.2) is 4.68 Å². The summed E-state index contributed by atoms with van der Waals surface area (Å²) in [6.45, 7) is 5.96. The molecule has 1 N–H and O–H groups in total. The number of nitrogens with one attached hydrogen (secondary N) is 1. The monoisotopic (exact) mass is 409 g/mol. The van der Waals surface area contributed by atoms with E-state index in [1.54, 1.807) is 4.68 Å². The summed E-state index contributed by atoms with van der Waals surface area (Å²) in [6.07, 6.45) is 0.123. The van der Waals surface area contributed by atoms with Crippen LogP contribution in [-0.4, -0.2) is 21.5 Å². The Balaban J connectivity index is 1.62. The molecule has 5 heteroatoms. The van der Waals surface area contributed by atoms with E-state index in [4.69, 9.17) is 5.10 Å². The Morgan fingerprint density at radius 1 is 1.00 bits per heavy atom. The lowest BCUT2D eigenvalue weighted by Crippen LogP contribution is -2.28. The fraction of sp³-hybridized carbons (Fsp3) is 0.192. The zero-order valence-electron chi connectivity index (χ0n) is 17.8. The van der Waals surface area contributed by atoms with Crippen molar-refractivity contribution < 1.29 is 9.59 Å². The molecule has 1 atom stereocenters. The van der Waals surface area contributed by atoms with Crippen molar-refractivity contribution >= 4 is 28.3 Å². The van der Waals surface area contributed by atoms with Crippen LogP contribution in [0.1, 0.15) is 45.1 Å². The van der Waals surface area contributed by atoms with Gasteiger partial charge in [-0.15, -0.1) is 0 Å². The van der Waals surface area contributed by atoms with E-state index in [-0.39, 0.29) is 18.1 Å². The molecule has 1 aliphatic rings. The Hall–Kier alpha value is -3.73. The molecule has 0 spiro atoms. The number of hydrogen-bond donors (Lipinski definition) is 1. The molecule has 0 aliphatic carbocycles. The maximum absolute atomic E-state index is 13.5. The molecular weight excluding hydrogens is 386 g/mol. The van der Waals surface area contributed by atoms with E-state index in [1.165, 1.54) is 0 Å². The second-order valence-electron chi connectivity index (χ2n) is 8.28. The number of amides is 1. The number of nitrogens with zero attached hydrogens (tertiary/aromatic N) is 2. The Labute approximate surface area is 180 Å². The molecule has 4 aromatic rings. The molecule has 1 aromatic heterocycles. The molecule has 3 aromatic carbocycles. The number of anilines is 1. The summed E-state index contributed by atoms with van der Waals surface area (Å²) in [6, 6.07) is 19.8. The van der Waals surface area contributed by atoms with Crippen molar-refractivity contribution in [1.82, 2.24) is 9.78 Å². The van der Waals surface area contributed by atoms with Crippen LogP contribution in [-0.2, 0) is 4.79 Å². The Kier molecular flexibility index (Phi) is 4.47. The van der Waals surface area contributed by atoms with Gasteiger partial charge in [-0.3, -0.25) is 9.59 Å². The van der Waals surface area contributed by atoms with Crippen LogP contribution in [0.4, 0.5) is 5.82 Å². The summed E-state index contributed by atoms with van der Waals surface area (Å²) in [7, 11) is 0. The third-order valence-electron chi connectivity index (χ3n) is 6.03. The minimum absolute atomic E-state index is 0.0508. The van der Waals surface area contributed by atoms with Crippen LogP contribution >= 0.6 is 0 Å². The fourth-order valence-corrected chi connectivity index (χ4v) is 4.53. The number of hydrogen-bond acceptors (Lipinski definition) is 3.